The quantitative estimate of drug-likeness (QED) is 0.406. The Labute approximate surface area is 201 Å². The summed E-state index contributed by atoms with van der Waals surface area (Å²) >= 11 is 6.07. The Morgan fingerprint density at radius 2 is 1.82 bits per heavy atom. The first-order chi connectivity index (χ1) is 16.5. The fraction of sp³-hybridized carbons (Fsp3) is 0.185. The number of halogens is 1. The molecular weight excluding hydrogens is 450 g/mol. The van der Waals surface area contributed by atoms with Gasteiger partial charge in [-0.3, -0.25) is 14.2 Å². The van der Waals surface area contributed by atoms with Gasteiger partial charge in [0.1, 0.15) is 11.9 Å². The van der Waals surface area contributed by atoms with Crippen LogP contribution in [0.1, 0.15) is 38.1 Å². The Morgan fingerprint density at radius 1 is 1.06 bits per heavy atom. The lowest BCUT2D eigenvalue weighted by atomic mass is 9.95. The number of methoxy groups -OCH3 is 1. The summed E-state index contributed by atoms with van der Waals surface area (Å²) in [6.07, 6.45) is 0.262. The number of para-hydroxylation sites is 1. The Balaban J connectivity index is 1.60. The molecule has 0 saturated heterocycles. The summed E-state index contributed by atoms with van der Waals surface area (Å²) in [4.78, 5) is 31.4. The number of amides is 1. The second-order valence-electron chi connectivity index (χ2n) is 8.64. The molecule has 0 fully saturated rings. The minimum atomic E-state index is -0.417. The molecule has 1 aromatic heterocycles. The molecule has 0 N–H and O–H groups in total. The van der Waals surface area contributed by atoms with E-state index in [0.29, 0.717) is 34.9 Å². The second kappa shape index (κ2) is 7.64. The summed E-state index contributed by atoms with van der Waals surface area (Å²) in [6, 6.07) is 20.4. The Hall–Kier alpha value is -3.77. The number of rotatable bonds is 2. The maximum Gasteiger partial charge on any atom is 0.262 e. The molecule has 3 heterocycles. The standard InChI is InChI=1S/C27H22ClN3O3/c1-29-23-15-18(34-2)11-12-21(23)27(33)30-14-13-20-19-5-3-4-6-22(19)31(24(20)25(29)30)26(32)16-7-9-17(28)10-8-16/h3-12,15,25H,13-14H2,1-2H3. The van der Waals surface area contributed by atoms with Crippen LogP contribution in [0.4, 0.5) is 5.69 Å². The van der Waals surface area contributed by atoms with Crippen LogP contribution in [0.25, 0.3) is 10.9 Å². The van der Waals surface area contributed by atoms with E-state index in [1.165, 1.54) is 0 Å². The van der Waals surface area contributed by atoms with Crippen molar-refractivity contribution in [2.45, 2.75) is 12.6 Å². The van der Waals surface area contributed by atoms with Gasteiger partial charge in [-0.25, -0.2) is 0 Å². The molecule has 0 saturated carbocycles. The van der Waals surface area contributed by atoms with Crippen LogP contribution in [0.15, 0.2) is 66.7 Å². The number of anilines is 1. The van der Waals surface area contributed by atoms with E-state index in [4.69, 9.17) is 16.3 Å². The maximum atomic E-state index is 13.9. The van der Waals surface area contributed by atoms with Gasteiger partial charge in [0.2, 0.25) is 0 Å². The normalized spacial score (nSPS) is 16.8. The van der Waals surface area contributed by atoms with Crippen LogP contribution < -0.4 is 9.64 Å². The van der Waals surface area contributed by atoms with Crippen molar-refractivity contribution in [2.75, 3.05) is 25.6 Å². The zero-order valence-electron chi connectivity index (χ0n) is 18.8. The predicted octanol–water partition coefficient (Wildman–Crippen LogP) is 5.14. The first kappa shape index (κ1) is 20.8. The summed E-state index contributed by atoms with van der Waals surface area (Å²) in [5.74, 6) is 0.496. The van der Waals surface area contributed by atoms with Gasteiger partial charge in [0, 0.05) is 35.6 Å². The molecule has 0 aliphatic carbocycles. The van der Waals surface area contributed by atoms with Crippen LogP contribution in [-0.4, -0.2) is 42.0 Å². The first-order valence-corrected chi connectivity index (χ1v) is 11.5. The van der Waals surface area contributed by atoms with E-state index >= 15 is 0 Å². The fourth-order valence-corrected chi connectivity index (χ4v) is 5.43. The third kappa shape index (κ3) is 2.88. The SMILES string of the molecule is COc1ccc2c(c1)N(C)C1c3c(c4ccccc4n3C(=O)c3ccc(Cl)cc3)CCN1C2=O. The molecule has 34 heavy (non-hydrogen) atoms. The number of carbonyl (C=O) groups excluding carboxylic acids is 2. The van der Waals surface area contributed by atoms with Crippen LogP contribution in [0, 0.1) is 0 Å². The highest BCUT2D eigenvalue weighted by Gasteiger charge is 2.43. The molecule has 4 aromatic rings. The number of benzene rings is 3. The molecule has 7 heteroatoms. The zero-order valence-corrected chi connectivity index (χ0v) is 19.5. The Bertz CT molecular complexity index is 1470. The minimum absolute atomic E-state index is 0.0397. The fourth-order valence-electron chi connectivity index (χ4n) is 5.31. The lowest BCUT2D eigenvalue weighted by Crippen LogP contribution is -2.51. The van der Waals surface area contributed by atoms with Gasteiger partial charge in [-0.2, -0.15) is 0 Å². The van der Waals surface area contributed by atoms with Crippen LogP contribution >= 0.6 is 11.6 Å². The van der Waals surface area contributed by atoms with Gasteiger partial charge in [-0.1, -0.05) is 29.8 Å². The topological polar surface area (TPSA) is 54.8 Å². The summed E-state index contributed by atoms with van der Waals surface area (Å²) in [5, 5.41) is 1.61. The third-order valence-corrected chi connectivity index (χ3v) is 7.15. The van der Waals surface area contributed by atoms with Gasteiger partial charge >= 0.3 is 0 Å². The average Bonchev–Trinajstić information content (AvgIpc) is 3.21. The van der Waals surface area contributed by atoms with E-state index < -0.39 is 6.17 Å². The summed E-state index contributed by atoms with van der Waals surface area (Å²) < 4.78 is 7.20. The van der Waals surface area contributed by atoms with Crippen molar-refractivity contribution in [2.24, 2.45) is 0 Å². The predicted molar refractivity (Wildman–Crippen MR) is 132 cm³/mol. The van der Waals surface area contributed by atoms with Gasteiger partial charge in [-0.15, -0.1) is 0 Å². The molecule has 1 amide bonds. The number of aromatic nitrogens is 1. The van der Waals surface area contributed by atoms with Crippen molar-refractivity contribution in [1.29, 1.82) is 0 Å². The molecular formula is C27H22ClN3O3. The molecule has 0 bridgehead atoms. The van der Waals surface area contributed by atoms with Crippen molar-refractivity contribution >= 4 is 40.0 Å². The molecule has 3 aromatic carbocycles. The van der Waals surface area contributed by atoms with Crippen molar-refractivity contribution < 1.29 is 14.3 Å². The van der Waals surface area contributed by atoms with Gasteiger partial charge in [0.15, 0.2) is 0 Å². The molecule has 0 spiro atoms. The number of nitrogens with zero attached hydrogens (tertiary/aromatic N) is 3. The summed E-state index contributed by atoms with van der Waals surface area (Å²) in [6.45, 7) is 0.579. The maximum absolute atomic E-state index is 13.9. The Kier molecular flexibility index (Phi) is 4.67. The third-order valence-electron chi connectivity index (χ3n) is 6.90. The molecule has 2 aliphatic heterocycles. The van der Waals surface area contributed by atoms with E-state index in [1.54, 1.807) is 42.0 Å². The zero-order chi connectivity index (χ0) is 23.6. The Morgan fingerprint density at radius 3 is 2.59 bits per heavy atom. The monoisotopic (exact) mass is 471 g/mol. The van der Waals surface area contributed by atoms with E-state index in [1.807, 2.05) is 42.3 Å². The molecule has 6 rings (SSSR count). The number of ether oxygens (including phenoxy) is 1. The van der Waals surface area contributed by atoms with Crippen LogP contribution in [-0.2, 0) is 6.42 Å². The minimum Gasteiger partial charge on any atom is -0.497 e. The van der Waals surface area contributed by atoms with Crippen LogP contribution in [0.5, 0.6) is 5.75 Å². The number of fused-ring (bicyclic) bond motifs is 6. The molecule has 6 nitrogen and oxygen atoms in total. The average molecular weight is 472 g/mol. The van der Waals surface area contributed by atoms with Gasteiger partial charge in [-0.05, 0) is 54.4 Å². The van der Waals surface area contributed by atoms with Crippen molar-refractivity contribution in [3.05, 3.63) is 94.1 Å². The van der Waals surface area contributed by atoms with Crippen LogP contribution in [0.2, 0.25) is 5.02 Å². The lowest BCUT2D eigenvalue weighted by Gasteiger charge is -2.46. The van der Waals surface area contributed by atoms with E-state index in [-0.39, 0.29) is 11.8 Å². The number of carbonyl (C=O) groups is 2. The van der Waals surface area contributed by atoms with Gasteiger partial charge in [0.05, 0.1) is 29.6 Å². The number of hydrogen-bond donors (Lipinski definition) is 0. The summed E-state index contributed by atoms with van der Waals surface area (Å²) in [5.41, 5.74) is 4.73. The second-order valence-corrected chi connectivity index (χ2v) is 9.08. The van der Waals surface area contributed by atoms with Crippen molar-refractivity contribution in [3.8, 4) is 5.75 Å². The highest BCUT2D eigenvalue weighted by molar-refractivity contribution is 6.30. The summed E-state index contributed by atoms with van der Waals surface area (Å²) in [7, 11) is 3.58. The molecule has 0 radical (unpaired) electrons. The highest BCUT2D eigenvalue weighted by Crippen LogP contribution is 2.45. The van der Waals surface area contributed by atoms with Crippen molar-refractivity contribution in [1.82, 2.24) is 9.47 Å². The molecule has 170 valence electrons. The molecule has 1 atom stereocenters. The first-order valence-electron chi connectivity index (χ1n) is 11.1. The highest BCUT2D eigenvalue weighted by atomic mass is 35.5. The number of hydrogen-bond acceptors (Lipinski definition) is 4. The van der Waals surface area contributed by atoms with E-state index in [2.05, 4.69) is 11.0 Å². The largest absolute Gasteiger partial charge is 0.497 e. The molecule has 1 unspecified atom stereocenters. The molecule has 2 aliphatic rings. The van der Waals surface area contributed by atoms with Gasteiger partial charge < -0.3 is 14.5 Å². The van der Waals surface area contributed by atoms with Crippen molar-refractivity contribution in [3.63, 3.8) is 0 Å². The van der Waals surface area contributed by atoms with Crippen LogP contribution in [0.3, 0.4) is 0 Å². The van der Waals surface area contributed by atoms with Gasteiger partial charge in [0.25, 0.3) is 11.8 Å². The lowest BCUT2D eigenvalue weighted by molar-refractivity contribution is 0.0624. The van der Waals surface area contributed by atoms with E-state index in [0.717, 1.165) is 27.8 Å². The smallest absolute Gasteiger partial charge is 0.262 e. The van der Waals surface area contributed by atoms with E-state index in [9.17, 15) is 9.59 Å².